The number of aliphatic hydroxyl groups excluding tert-OH is 1. The van der Waals surface area contributed by atoms with Gasteiger partial charge in [0.05, 0.1) is 32.4 Å². The normalized spacial score (nSPS) is 13.5. The molecule has 0 aliphatic carbocycles. The van der Waals surface area contributed by atoms with E-state index in [9.17, 15) is 9.59 Å². The molecule has 0 fully saturated rings. The van der Waals surface area contributed by atoms with E-state index in [0.29, 0.717) is 18.0 Å². The van der Waals surface area contributed by atoms with E-state index in [1.807, 2.05) is 30.3 Å². The Morgan fingerprint density at radius 3 is 2.70 bits per heavy atom. The molecule has 0 unspecified atom stereocenters. The van der Waals surface area contributed by atoms with Gasteiger partial charge in [-0.2, -0.15) is 0 Å². The van der Waals surface area contributed by atoms with Crippen molar-refractivity contribution in [1.82, 2.24) is 4.90 Å². The van der Waals surface area contributed by atoms with Gasteiger partial charge in [-0.15, -0.1) is 0 Å². The molecule has 158 valence electrons. The number of ether oxygens (including phenoxy) is 2. The number of β-amino-alcohol motifs (C(OH)–C–C–N with tert-alkyl or cyclic N) is 1. The van der Waals surface area contributed by atoms with Crippen LogP contribution in [-0.2, 0) is 20.7 Å². The number of amides is 1. The molecule has 3 rings (SSSR count). The zero-order valence-corrected chi connectivity index (χ0v) is 17.0. The Hall–Kier alpha value is -3.32. The minimum absolute atomic E-state index is 0.101. The lowest BCUT2D eigenvalue weighted by molar-refractivity contribution is -0.136. The Balaban J connectivity index is 1.63. The number of aliphatic hydroxyl groups is 1. The minimum atomic E-state index is -0.570. The molecule has 1 amide bonds. The number of carbonyl (C=O) groups is 2. The number of methoxy groups -OCH3 is 1. The zero-order valence-electron chi connectivity index (χ0n) is 17.0. The number of rotatable bonds is 10. The van der Waals surface area contributed by atoms with Crippen molar-refractivity contribution in [1.29, 1.82) is 0 Å². The van der Waals surface area contributed by atoms with Gasteiger partial charge in [-0.3, -0.25) is 4.79 Å². The third-order valence-electron chi connectivity index (χ3n) is 4.78. The second-order valence-corrected chi connectivity index (χ2v) is 6.89. The maximum atomic E-state index is 12.6. The fourth-order valence-corrected chi connectivity index (χ4v) is 3.27. The van der Waals surface area contributed by atoms with Crippen LogP contribution in [0.1, 0.15) is 12.0 Å². The van der Waals surface area contributed by atoms with Gasteiger partial charge < -0.3 is 24.8 Å². The van der Waals surface area contributed by atoms with Gasteiger partial charge >= 0.3 is 5.97 Å². The summed E-state index contributed by atoms with van der Waals surface area (Å²) >= 11 is 0. The first-order valence-electron chi connectivity index (χ1n) is 9.87. The molecule has 0 bridgehead atoms. The smallest absolute Gasteiger partial charge is 0.337 e. The topological polar surface area (TPSA) is 88.1 Å². The number of carbonyl (C=O) groups excluding carboxylic acids is 2. The van der Waals surface area contributed by atoms with E-state index in [1.54, 1.807) is 12.1 Å². The lowest BCUT2D eigenvalue weighted by atomic mass is 10.1. The molecule has 2 aromatic rings. The summed E-state index contributed by atoms with van der Waals surface area (Å²) in [6, 6.07) is 17.5. The SMILES string of the molecule is COC(=O)C1=C(Nc2cccc(OCCCc3ccccc3)c2)C(=O)N(CCO)C1. The quantitative estimate of drug-likeness (QED) is 0.462. The predicted molar refractivity (Wildman–Crippen MR) is 113 cm³/mol. The number of nitrogens with one attached hydrogen (secondary N) is 1. The summed E-state index contributed by atoms with van der Waals surface area (Å²) in [4.78, 5) is 26.1. The van der Waals surface area contributed by atoms with E-state index in [2.05, 4.69) is 17.4 Å². The van der Waals surface area contributed by atoms with Gasteiger partial charge in [0.2, 0.25) is 0 Å². The molecule has 1 heterocycles. The van der Waals surface area contributed by atoms with Gasteiger partial charge in [0.25, 0.3) is 5.91 Å². The van der Waals surface area contributed by atoms with Crippen molar-refractivity contribution in [2.24, 2.45) is 0 Å². The number of hydrogen-bond acceptors (Lipinski definition) is 6. The Morgan fingerprint density at radius 2 is 1.97 bits per heavy atom. The molecule has 0 aromatic heterocycles. The molecule has 1 aliphatic heterocycles. The van der Waals surface area contributed by atoms with Crippen LogP contribution in [0.4, 0.5) is 5.69 Å². The fraction of sp³-hybridized carbons (Fsp3) is 0.304. The molecule has 0 saturated heterocycles. The van der Waals surface area contributed by atoms with Crippen molar-refractivity contribution in [3.63, 3.8) is 0 Å². The maximum Gasteiger partial charge on any atom is 0.337 e. The monoisotopic (exact) mass is 410 g/mol. The molecule has 0 saturated carbocycles. The Bertz CT molecular complexity index is 911. The molecule has 0 atom stereocenters. The second kappa shape index (κ2) is 10.5. The first-order valence-corrected chi connectivity index (χ1v) is 9.87. The van der Waals surface area contributed by atoms with Gasteiger partial charge in [-0.05, 0) is 30.5 Å². The lowest BCUT2D eigenvalue weighted by Gasteiger charge is -2.15. The average Bonchev–Trinajstić information content (AvgIpc) is 3.07. The largest absolute Gasteiger partial charge is 0.494 e. The van der Waals surface area contributed by atoms with Crippen LogP contribution < -0.4 is 10.1 Å². The highest BCUT2D eigenvalue weighted by atomic mass is 16.5. The summed E-state index contributed by atoms with van der Waals surface area (Å²) in [5, 5.41) is 12.2. The van der Waals surface area contributed by atoms with Gasteiger partial charge in [0, 0.05) is 18.3 Å². The second-order valence-electron chi connectivity index (χ2n) is 6.89. The predicted octanol–water partition coefficient (Wildman–Crippen LogP) is 2.37. The van der Waals surface area contributed by atoms with E-state index < -0.39 is 5.97 Å². The van der Waals surface area contributed by atoms with E-state index in [-0.39, 0.29) is 36.9 Å². The summed E-state index contributed by atoms with van der Waals surface area (Å²) in [5.74, 6) is -0.246. The molecule has 2 aromatic carbocycles. The molecule has 2 N–H and O–H groups in total. The molecular weight excluding hydrogens is 384 g/mol. The standard InChI is InChI=1S/C23H26N2O5/c1-29-23(28)20-16-25(12-13-26)22(27)21(20)24-18-10-5-11-19(15-18)30-14-6-9-17-7-3-2-4-8-17/h2-5,7-8,10-11,15,24,26H,6,9,12-14,16H2,1H3. The molecular formula is C23H26N2O5. The number of aryl methyl sites for hydroxylation is 1. The molecule has 0 radical (unpaired) electrons. The minimum Gasteiger partial charge on any atom is -0.494 e. The highest BCUT2D eigenvalue weighted by Gasteiger charge is 2.34. The van der Waals surface area contributed by atoms with Gasteiger partial charge in [-0.1, -0.05) is 36.4 Å². The average molecular weight is 410 g/mol. The molecule has 30 heavy (non-hydrogen) atoms. The number of benzene rings is 2. The number of anilines is 1. The summed E-state index contributed by atoms with van der Waals surface area (Å²) in [6.07, 6.45) is 1.82. The summed E-state index contributed by atoms with van der Waals surface area (Å²) in [6.45, 7) is 0.636. The van der Waals surface area contributed by atoms with Crippen LogP contribution >= 0.6 is 0 Å². The highest BCUT2D eigenvalue weighted by molar-refractivity contribution is 6.08. The van der Waals surface area contributed by atoms with Crippen LogP contribution in [-0.4, -0.2) is 55.3 Å². The third kappa shape index (κ3) is 5.39. The van der Waals surface area contributed by atoms with Crippen molar-refractivity contribution >= 4 is 17.6 Å². The van der Waals surface area contributed by atoms with Crippen LogP contribution in [0.3, 0.4) is 0 Å². The molecule has 7 nitrogen and oxygen atoms in total. The van der Waals surface area contributed by atoms with Crippen molar-refractivity contribution in [3.05, 3.63) is 71.4 Å². The number of nitrogens with zero attached hydrogens (tertiary/aromatic N) is 1. The van der Waals surface area contributed by atoms with E-state index in [0.717, 1.165) is 12.8 Å². The third-order valence-corrected chi connectivity index (χ3v) is 4.78. The van der Waals surface area contributed by atoms with E-state index in [1.165, 1.54) is 17.6 Å². The van der Waals surface area contributed by atoms with Crippen LogP contribution in [0, 0.1) is 0 Å². The lowest BCUT2D eigenvalue weighted by Crippen LogP contribution is -2.31. The van der Waals surface area contributed by atoms with Gasteiger partial charge in [0.15, 0.2) is 0 Å². The van der Waals surface area contributed by atoms with Crippen molar-refractivity contribution in [2.75, 3.05) is 38.7 Å². The van der Waals surface area contributed by atoms with Crippen LogP contribution in [0.25, 0.3) is 0 Å². The highest BCUT2D eigenvalue weighted by Crippen LogP contribution is 2.25. The first-order chi connectivity index (χ1) is 14.6. The maximum absolute atomic E-state index is 12.6. The van der Waals surface area contributed by atoms with Crippen molar-refractivity contribution < 1.29 is 24.2 Å². The summed E-state index contributed by atoms with van der Waals surface area (Å²) in [7, 11) is 1.27. The first kappa shape index (κ1) is 21.4. The van der Waals surface area contributed by atoms with Crippen molar-refractivity contribution in [2.45, 2.75) is 12.8 Å². The number of hydrogen-bond donors (Lipinski definition) is 2. The number of esters is 1. The molecule has 0 spiro atoms. The Morgan fingerprint density at radius 1 is 1.17 bits per heavy atom. The van der Waals surface area contributed by atoms with Crippen molar-refractivity contribution in [3.8, 4) is 5.75 Å². The van der Waals surface area contributed by atoms with E-state index >= 15 is 0 Å². The molecule has 1 aliphatic rings. The Labute approximate surface area is 175 Å². The summed E-state index contributed by atoms with van der Waals surface area (Å²) < 4.78 is 10.6. The zero-order chi connectivity index (χ0) is 21.3. The van der Waals surface area contributed by atoms with Gasteiger partial charge in [-0.25, -0.2) is 4.79 Å². The van der Waals surface area contributed by atoms with Crippen LogP contribution in [0.2, 0.25) is 0 Å². The summed E-state index contributed by atoms with van der Waals surface area (Å²) in [5.41, 5.74) is 2.30. The fourth-order valence-electron chi connectivity index (χ4n) is 3.27. The van der Waals surface area contributed by atoms with E-state index in [4.69, 9.17) is 14.6 Å². The Kier molecular flexibility index (Phi) is 7.45. The van der Waals surface area contributed by atoms with Crippen LogP contribution in [0.5, 0.6) is 5.75 Å². The molecule has 7 heteroatoms. The van der Waals surface area contributed by atoms with Crippen LogP contribution in [0.15, 0.2) is 65.9 Å². The van der Waals surface area contributed by atoms with Gasteiger partial charge in [0.1, 0.15) is 11.4 Å².